The summed E-state index contributed by atoms with van der Waals surface area (Å²) in [5.41, 5.74) is 1.51. The van der Waals surface area contributed by atoms with Crippen molar-refractivity contribution in [2.45, 2.75) is 13.3 Å². The van der Waals surface area contributed by atoms with Crippen LogP contribution in [0.4, 0.5) is 5.69 Å². The topological polar surface area (TPSA) is 61.4 Å². The summed E-state index contributed by atoms with van der Waals surface area (Å²) >= 11 is 0. The Hall–Kier alpha value is -1.55. The standard InChI is InChI=1S/C12H16N2O2/c1-8-2-3-11(15)10(4-8)14-12(16)5-9-6-13-7-9/h2-4,9,13,15H,5-7H2,1H3,(H,14,16). The Morgan fingerprint density at radius 1 is 1.56 bits per heavy atom. The molecule has 3 N–H and O–H groups in total. The van der Waals surface area contributed by atoms with Crippen molar-refractivity contribution < 1.29 is 9.90 Å². The number of hydrogen-bond acceptors (Lipinski definition) is 3. The Labute approximate surface area is 94.7 Å². The minimum atomic E-state index is -0.0348. The first-order valence-electron chi connectivity index (χ1n) is 5.45. The molecule has 0 atom stereocenters. The number of anilines is 1. The molecule has 0 bridgehead atoms. The first-order chi connectivity index (χ1) is 7.65. The molecule has 1 aliphatic heterocycles. The van der Waals surface area contributed by atoms with Gasteiger partial charge in [-0.05, 0) is 43.6 Å². The van der Waals surface area contributed by atoms with Crippen LogP contribution in [0.15, 0.2) is 18.2 Å². The quantitative estimate of drug-likeness (QED) is 0.672. The van der Waals surface area contributed by atoms with Crippen molar-refractivity contribution in [3.05, 3.63) is 23.8 Å². The Bertz CT molecular complexity index is 400. The summed E-state index contributed by atoms with van der Waals surface area (Å²) in [6, 6.07) is 5.17. The molecular formula is C12H16N2O2. The molecule has 4 nitrogen and oxygen atoms in total. The van der Waals surface area contributed by atoms with E-state index in [-0.39, 0.29) is 11.7 Å². The van der Waals surface area contributed by atoms with Crippen molar-refractivity contribution in [1.29, 1.82) is 0 Å². The van der Waals surface area contributed by atoms with Crippen molar-refractivity contribution in [2.24, 2.45) is 5.92 Å². The van der Waals surface area contributed by atoms with E-state index in [1.165, 1.54) is 0 Å². The van der Waals surface area contributed by atoms with Crippen LogP contribution in [-0.4, -0.2) is 24.1 Å². The van der Waals surface area contributed by atoms with Crippen LogP contribution in [0, 0.1) is 12.8 Å². The zero-order valence-corrected chi connectivity index (χ0v) is 9.29. The number of phenolic OH excluding ortho intramolecular Hbond substituents is 1. The number of hydrogen-bond donors (Lipinski definition) is 3. The van der Waals surface area contributed by atoms with Gasteiger partial charge in [-0.2, -0.15) is 0 Å². The van der Waals surface area contributed by atoms with Crippen LogP contribution in [0.1, 0.15) is 12.0 Å². The zero-order valence-electron chi connectivity index (χ0n) is 9.29. The number of amides is 1. The molecular weight excluding hydrogens is 204 g/mol. The van der Waals surface area contributed by atoms with Crippen molar-refractivity contribution in [1.82, 2.24) is 5.32 Å². The number of aromatic hydroxyl groups is 1. The lowest BCUT2D eigenvalue weighted by Crippen LogP contribution is -2.43. The molecule has 86 valence electrons. The molecule has 0 unspecified atom stereocenters. The number of carbonyl (C=O) groups excluding carboxylic acids is 1. The van der Waals surface area contributed by atoms with Crippen molar-refractivity contribution in [3.8, 4) is 5.75 Å². The van der Waals surface area contributed by atoms with Gasteiger partial charge in [0.1, 0.15) is 5.75 Å². The number of carbonyl (C=O) groups is 1. The summed E-state index contributed by atoms with van der Waals surface area (Å²) in [6.45, 7) is 3.74. The summed E-state index contributed by atoms with van der Waals surface area (Å²) in [6.07, 6.45) is 0.514. The second-order valence-corrected chi connectivity index (χ2v) is 4.30. The summed E-state index contributed by atoms with van der Waals surface area (Å²) in [4.78, 5) is 11.6. The Morgan fingerprint density at radius 3 is 2.94 bits per heavy atom. The van der Waals surface area contributed by atoms with Gasteiger partial charge >= 0.3 is 0 Å². The number of nitrogens with one attached hydrogen (secondary N) is 2. The fourth-order valence-electron chi connectivity index (χ4n) is 1.71. The first-order valence-corrected chi connectivity index (χ1v) is 5.45. The molecule has 0 spiro atoms. The van der Waals surface area contributed by atoms with Gasteiger partial charge in [0.25, 0.3) is 0 Å². The second-order valence-electron chi connectivity index (χ2n) is 4.30. The molecule has 0 aromatic heterocycles. The number of phenols is 1. The molecule has 1 amide bonds. The maximum Gasteiger partial charge on any atom is 0.224 e. The highest BCUT2D eigenvalue weighted by Gasteiger charge is 2.20. The summed E-state index contributed by atoms with van der Waals surface area (Å²) in [7, 11) is 0. The monoisotopic (exact) mass is 220 g/mol. The van der Waals surface area contributed by atoms with Gasteiger partial charge in [-0.25, -0.2) is 0 Å². The van der Waals surface area contributed by atoms with Gasteiger partial charge in [-0.15, -0.1) is 0 Å². The van der Waals surface area contributed by atoms with E-state index in [0.29, 0.717) is 18.0 Å². The predicted molar refractivity (Wildman–Crippen MR) is 62.5 cm³/mol. The number of benzene rings is 1. The fourth-order valence-corrected chi connectivity index (χ4v) is 1.71. The largest absolute Gasteiger partial charge is 0.506 e. The fraction of sp³-hybridized carbons (Fsp3) is 0.417. The SMILES string of the molecule is Cc1ccc(O)c(NC(=O)CC2CNC2)c1. The van der Waals surface area contributed by atoms with E-state index in [1.807, 2.05) is 6.92 Å². The van der Waals surface area contributed by atoms with Crippen LogP contribution in [-0.2, 0) is 4.79 Å². The van der Waals surface area contributed by atoms with Crippen LogP contribution >= 0.6 is 0 Å². The number of rotatable bonds is 3. The Kier molecular flexibility index (Phi) is 3.10. The van der Waals surface area contributed by atoms with Crippen LogP contribution in [0.5, 0.6) is 5.75 Å². The van der Waals surface area contributed by atoms with E-state index in [0.717, 1.165) is 18.7 Å². The second kappa shape index (κ2) is 4.53. The molecule has 1 aromatic rings. The van der Waals surface area contributed by atoms with E-state index in [2.05, 4.69) is 10.6 Å². The van der Waals surface area contributed by atoms with Gasteiger partial charge in [0, 0.05) is 6.42 Å². The molecule has 4 heteroatoms. The Balaban J connectivity index is 1.96. The zero-order chi connectivity index (χ0) is 11.5. The Morgan fingerprint density at radius 2 is 2.31 bits per heavy atom. The average Bonchev–Trinajstić information content (AvgIpc) is 2.18. The van der Waals surface area contributed by atoms with Crippen LogP contribution in [0.2, 0.25) is 0 Å². The van der Waals surface area contributed by atoms with Crippen LogP contribution < -0.4 is 10.6 Å². The van der Waals surface area contributed by atoms with Crippen LogP contribution in [0.3, 0.4) is 0 Å². The maximum atomic E-state index is 11.6. The van der Waals surface area contributed by atoms with Crippen molar-refractivity contribution in [3.63, 3.8) is 0 Å². The maximum absolute atomic E-state index is 11.6. The highest BCUT2D eigenvalue weighted by atomic mass is 16.3. The van der Waals surface area contributed by atoms with Gasteiger partial charge in [-0.3, -0.25) is 4.79 Å². The molecule has 1 fully saturated rings. The van der Waals surface area contributed by atoms with Crippen molar-refractivity contribution in [2.75, 3.05) is 18.4 Å². The van der Waals surface area contributed by atoms with Gasteiger partial charge in [0.2, 0.25) is 5.91 Å². The third-order valence-electron chi connectivity index (χ3n) is 2.77. The van der Waals surface area contributed by atoms with Gasteiger partial charge in [-0.1, -0.05) is 6.07 Å². The van der Waals surface area contributed by atoms with Crippen molar-refractivity contribution >= 4 is 11.6 Å². The summed E-state index contributed by atoms with van der Waals surface area (Å²) in [5, 5.41) is 15.4. The van der Waals surface area contributed by atoms with E-state index < -0.39 is 0 Å². The minimum absolute atomic E-state index is 0.0348. The van der Waals surface area contributed by atoms with Gasteiger partial charge < -0.3 is 15.7 Å². The average molecular weight is 220 g/mol. The molecule has 16 heavy (non-hydrogen) atoms. The molecule has 0 aliphatic carbocycles. The minimum Gasteiger partial charge on any atom is -0.506 e. The summed E-state index contributed by atoms with van der Waals surface area (Å²) in [5.74, 6) is 0.519. The molecule has 1 heterocycles. The van der Waals surface area contributed by atoms with E-state index >= 15 is 0 Å². The first kappa shape index (κ1) is 11.0. The molecule has 1 aliphatic rings. The van der Waals surface area contributed by atoms with Gasteiger partial charge in [0.05, 0.1) is 5.69 Å². The lowest BCUT2D eigenvalue weighted by Gasteiger charge is -2.26. The molecule has 2 rings (SSSR count). The molecule has 1 saturated heterocycles. The molecule has 1 aromatic carbocycles. The normalized spacial score (nSPS) is 15.6. The third kappa shape index (κ3) is 2.52. The molecule has 0 radical (unpaired) electrons. The van der Waals surface area contributed by atoms with Crippen LogP contribution in [0.25, 0.3) is 0 Å². The van der Waals surface area contributed by atoms with E-state index in [9.17, 15) is 9.90 Å². The predicted octanol–water partition coefficient (Wildman–Crippen LogP) is 1.25. The molecule has 0 saturated carbocycles. The highest BCUT2D eigenvalue weighted by molar-refractivity contribution is 5.92. The van der Waals surface area contributed by atoms with E-state index in [1.54, 1.807) is 18.2 Å². The highest BCUT2D eigenvalue weighted by Crippen LogP contribution is 2.24. The smallest absolute Gasteiger partial charge is 0.224 e. The lowest BCUT2D eigenvalue weighted by atomic mass is 9.99. The van der Waals surface area contributed by atoms with Gasteiger partial charge in [0.15, 0.2) is 0 Å². The lowest BCUT2D eigenvalue weighted by molar-refractivity contribution is -0.117. The number of aryl methyl sites for hydroxylation is 1. The third-order valence-corrected chi connectivity index (χ3v) is 2.77. The van der Waals surface area contributed by atoms with E-state index in [4.69, 9.17) is 0 Å². The summed E-state index contributed by atoms with van der Waals surface area (Å²) < 4.78 is 0.